The topological polar surface area (TPSA) is 77.6 Å². The first kappa shape index (κ1) is 24.3. The van der Waals surface area contributed by atoms with E-state index in [1.807, 2.05) is 73.1 Å². The molecular weight excluding hydrogens is 474 g/mol. The monoisotopic (exact) mass is 500 g/mol. The number of rotatable bonds is 7. The van der Waals surface area contributed by atoms with Gasteiger partial charge in [0, 0.05) is 22.5 Å². The summed E-state index contributed by atoms with van der Waals surface area (Å²) in [5.41, 5.74) is 5.23. The molecule has 3 heterocycles. The summed E-state index contributed by atoms with van der Waals surface area (Å²) in [5.74, 6) is -0.335. The van der Waals surface area contributed by atoms with Crippen molar-refractivity contribution >= 4 is 22.6 Å². The van der Waals surface area contributed by atoms with E-state index in [9.17, 15) is 13.6 Å². The van der Waals surface area contributed by atoms with Gasteiger partial charge >= 0.3 is 0 Å². The molecule has 3 aromatic heterocycles. The van der Waals surface area contributed by atoms with Crippen LogP contribution in [-0.2, 0) is 17.9 Å². The molecule has 0 aliphatic rings. The number of nitrogens with one attached hydrogen (secondary N) is 1. The number of amides is 1. The Kier molecular flexibility index (Phi) is 6.52. The van der Waals surface area contributed by atoms with E-state index in [0.717, 1.165) is 17.0 Å². The first-order valence-electron chi connectivity index (χ1n) is 11.9. The number of hydrogen-bond acceptors (Lipinski definition) is 4. The van der Waals surface area contributed by atoms with E-state index in [1.165, 1.54) is 10.7 Å². The lowest BCUT2D eigenvalue weighted by atomic mass is 10.1. The Hall–Kier alpha value is -4.40. The summed E-state index contributed by atoms with van der Waals surface area (Å²) in [4.78, 5) is 17.6. The second kappa shape index (κ2) is 9.93. The molecule has 0 aliphatic heterocycles. The van der Waals surface area contributed by atoms with Crippen LogP contribution in [-0.4, -0.2) is 30.5 Å². The van der Waals surface area contributed by atoms with Crippen LogP contribution < -0.4 is 5.32 Å². The number of carbonyl (C=O) groups is 1. The molecule has 0 unspecified atom stereocenters. The summed E-state index contributed by atoms with van der Waals surface area (Å²) in [6.07, 6.45) is -2.71. The van der Waals surface area contributed by atoms with Gasteiger partial charge in [0.15, 0.2) is 5.65 Å². The molecule has 9 heteroatoms. The molecule has 37 heavy (non-hydrogen) atoms. The highest BCUT2D eigenvalue weighted by Crippen LogP contribution is 2.33. The predicted octanol–water partition coefficient (Wildman–Crippen LogP) is 5.84. The van der Waals surface area contributed by atoms with Crippen molar-refractivity contribution in [3.63, 3.8) is 0 Å². The quantitative estimate of drug-likeness (QED) is 0.304. The average molecular weight is 501 g/mol. The molecule has 1 amide bonds. The van der Waals surface area contributed by atoms with E-state index in [2.05, 4.69) is 20.5 Å². The van der Waals surface area contributed by atoms with E-state index in [0.29, 0.717) is 29.2 Å². The molecule has 0 fully saturated rings. The van der Waals surface area contributed by atoms with Crippen LogP contribution in [0.2, 0.25) is 0 Å². The lowest BCUT2D eigenvalue weighted by Crippen LogP contribution is -2.20. The summed E-state index contributed by atoms with van der Waals surface area (Å²) in [6, 6.07) is 20.0. The fourth-order valence-corrected chi connectivity index (χ4v) is 4.52. The minimum Gasteiger partial charge on any atom is -0.324 e. The van der Waals surface area contributed by atoms with Crippen LogP contribution in [0, 0.1) is 20.8 Å². The van der Waals surface area contributed by atoms with Crippen LogP contribution in [0.15, 0.2) is 66.7 Å². The third kappa shape index (κ3) is 5.11. The average Bonchev–Trinajstić information content (AvgIpc) is 3.35. The molecule has 0 atom stereocenters. The van der Waals surface area contributed by atoms with Crippen molar-refractivity contribution < 1.29 is 13.6 Å². The minimum absolute atomic E-state index is 0.148. The Morgan fingerprint density at radius 1 is 0.946 bits per heavy atom. The number of alkyl halides is 2. The van der Waals surface area contributed by atoms with Crippen LogP contribution in [0.1, 0.15) is 34.6 Å². The molecule has 188 valence electrons. The molecular formula is C28H26F2N6O. The van der Waals surface area contributed by atoms with Gasteiger partial charge in [-0.15, -0.1) is 0 Å². The Labute approximate surface area is 212 Å². The molecule has 0 radical (unpaired) electrons. The Balaban J connectivity index is 1.41. The minimum atomic E-state index is -2.71. The summed E-state index contributed by atoms with van der Waals surface area (Å²) >= 11 is 0. The van der Waals surface area contributed by atoms with Crippen molar-refractivity contribution in [3.05, 3.63) is 94.9 Å². The highest BCUT2D eigenvalue weighted by molar-refractivity contribution is 5.92. The third-order valence-corrected chi connectivity index (χ3v) is 6.15. The maximum atomic E-state index is 14.0. The van der Waals surface area contributed by atoms with E-state index in [-0.39, 0.29) is 29.0 Å². The van der Waals surface area contributed by atoms with E-state index >= 15 is 0 Å². The number of nitrogens with zero attached hydrogens (tertiary/aromatic N) is 5. The van der Waals surface area contributed by atoms with Crippen LogP contribution in [0.3, 0.4) is 0 Å². The fourth-order valence-electron chi connectivity index (χ4n) is 4.52. The fraction of sp³-hybridized carbons (Fsp3) is 0.214. The second-order valence-corrected chi connectivity index (χ2v) is 9.04. The Bertz CT molecular complexity index is 1590. The lowest BCUT2D eigenvalue weighted by Gasteiger charge is -2.10. The van der Waals surface area contributed by atoms with Crippen LogP contribution in [0.4, 0.5) is 14.5 Å². The zero-order valence-corrected chi connectivity index (χ0v) is 20.7. The number of benzene rings is 2. The van der Waals surface area contributed by atoms with Crippen molar-refractivity contribution in [2.75, 3.05) is 5.32 Å². The molecule has 2 aromatic carbocycles. The zero-order chi connectivity index (χ0) is 26.1. The molecule has 0 saturated heterocycles. The van der Waals surface area contributed by atoms with E-state index in [1.54, 1.807) is 13.0 Å². The van der Waals surface area contributed by atoms with Gasteiger partial charge in [-0.3, -0.25) is 9.48 Å². The highest BCUT2D eigenvalue weighted by atomic mass is 19.3. The van der Waals surface area contributed by atoms with Gasteiger partial charge in [0.2, 0.25) is 5.91 Å². The van der Waals surface area contributed by atoms with Gasteiger partial charge in [0.1, 0.15) is 6.54 Å². The molecule has 0 spiro atoms. The van der Waals surface area contributed by atoms with Crippen LogP contribution in [0.5, 0.6) is 0 Å². The standard InChI is InChI=1S/C28H26F2N6O/c1-17-12-18(2)35(33-17)15-20-8-7-11-22(13-20)31-25(37)16-36-28-26(19(3)34-36)23(27(29)30)14-24(32-28)21-9-5-4-6-10-21/h4-14,27H,15-16H2,1-3H3,(H,31,37). The summed E-state index contributed by atoms with van der Waals surface area (Å²) in [5, 5.41) is 12.0. The largest absolute Gasteiger partial charge is 0.324 e. The molecule has 0 saturated carbocycles. The smallest absolute Gasteiger partial charge is 0.264 e. The van der Waals surface area contributed by atoms with Gasteiger partial charge < -0.3 is 5.32 Å². The number of anilines is 1. The number of halogens is 2. The number of aryl methyl sites for hydroxylation is 3. The second-order valence-electron chi connectivity index (χ2n) is 9.04. The maximum absolute atomic E-state index is 14.0. The van der Waals surface area contributed by atoms with Gasteiger partial charge in [-0.05, 0) is 50.6 Å². The molecule has 7 nitrogen and oxygen atoms in total. The Morgan fingerprint density at radius 2 is 1.73 bits per heavy atom. The predicted molar refractivity (Wildman–Crippen MR) is 139 cm³/mol. The number of aromatic nitrogens is 5. The molecule has 0 bridgehead atoms. The maximum Gasteiger partial charge on any atom is 0.264 e. The number of fused-ring (bicyclic) bond motifs is 1. The summed E-state index contributed by atoms with van der Waals surface area (Å²) in [7, 11) is 0. The molecule has 5 rings (SSSR count). The van der Waals surface area contributed by atoms with Crippen molar-refractivity contribution in [1.82, 2.24) is 24.5 Å². The Morgan fingerprint density at radius 3 is 2.43 bits per heavy atom. The third-order valence-electron chi connectivity index (χ3n) is 6.15. The highest BCUT2D eigenvalue weighted by Gasteiger charge is 2.22. The van der Waals surface area contributed by atoms with Crippen molar-refractivity contribution in [2.45, 2.75) is 40.3 Å². The van der Waals surface area contributed by atoms with Gasteiger partial charge in [0.05, 0.1) is 29.0 Å². The number of pyridine rings is 1. The molecule has 5 aromatic rings. The van der Waals surface area contributed by atoms with Gasteiger partial charge in [-0.1, -0.05) is 42.5 Å². The first-order chi connectivity index (χ1) is 17.8. The van der Waals surface area contributed by atoms with Crippen LogP contribution >= 0.6 is 0 Å². The first-order valence-corrected chi connectivity index (χ1v) is 11.9. The van der Waals surface area contributed by atoms with E-state index in [4.69, 9.17) is 0 Å². The normalized spacial score (nSPS) is 11.4. The zero-order valence-electron chi connectivity index (χ0n) is 20.7. The SMILES string of the molecule is Cc1cc(C)n(Cc2cccc(NC(=O)Cn3nc(C)c4c(C(F)F)cc(-c5ccccc5)nc43)c2)n1. The van der Waals surface area contributed by atoms with Crippen molar-refractivity contribution in [3.8, 4) is 11.3 Å². The van der Waals surface area contributed by atoms with Gasteiger partial charge in [0.25, 0.3) is 6.43 Å². The van der Waals surface area contributed by atoms with Crippen LogP contribution in [0.25, 0.3) is 22.3 Å². The number of carbonyl (C=O) groups excluding carboxylic acids is 1. The molecule has 1 N–H and O–H groups in total. The molecule has 0 aliphatic carbocycles. The van der Waals surface area contributed by atoms with Crippen molar-refractivity contribution in [2.24, 2.45) is 0 Å². The summed E-state index contributed by atoms with van der Waals surface area (Å²) < 4.78 is 31.3. The summed E-state index contributed by atoms with van der Waals surface area (Å²) in [6.45, 7) is 6.01. The van der Waals surface area contributed by atoms with Crippen molar-refractivity contribution in [1.29, 1.82) is 0 Å². The van der Waals surface area contributed by atoms with Gasteiger partial charge in [-0.2, -0.15) is 10.2 Å². The number of hydrogen-bond donors (Lipinski definition) is 1. The van der Waals surface area contributed by atoms with Gasteiger partial charge in [-0.25, -0.2) is 18.4 Å². The lowest BCUT2D eigenvalue weighted by molar-refractivity contribution is -0.116. The van der Waals surface area contributed by atoms with E-state index < -0.39 is 6.43 Å².